The normalized spacial score (nSPS) is 20.0. The number of benzene rings is 7. The molecule has 0 unspecified atom stereocenters. The van der Waals surface area contributed by atoms with E-state index in [9.17, 15) is 0 Å². The molecule has 10 atom stereocenters. The van der Waals surface area contributed by atoms with Crippen LogP contribution in [0.4, 0.5) is 0 Å². The molecule has 1 aliphatic heterocycles. The van der Waals surface area contributed by atoms with Gasteiger partial charge >= 0.3 is 0 Å². The molecule has 0 saturated carbocycles. The summed E-state index contributed by atoms with van der Waals surface area (Å²) in [5.74, 6) is -10.3. The van der Waals surface area contributed by atoms with Gasteiger partial charge in [0.15, 0.2) is 17.9 Å². The number of rotatable bonds is 26. The van der Waals surface area contributed by atoms with Crippen molar-refractivity contribution < 1.29 is 47.9 Å². The predicted octanol–water partition coefficient (Wildman–Crippen LogP) is 4.71. The van der Waals surface area contributed by atoms with Crippen LogP contribution in [0.25, 0.3) is 76.3 Å². The van der Waals surface area contributed by atoms with Gasteiger partial charge < -0.3 is 111 Å². The highest BCUT2D eigenvalue weighted by atomic mass is 16.2. The molecular formula is C95H106N26O10. The van der Waals surface area contributed by atoms with Gasteiger partial charge in [-0.1, -0.05) is 127 Å². The van der Waals surface area contributed by atoms with E-state index in [1.165, 1.54) is 0 Å². The second-order valence-corrected chi connectivity index (χ2v) is 33.0. The molecule has 0 radical (unpaired) electrons. The third-order valence-electron chi connectivity index (χ3n) is 24.0. The third-order valence-corrected chi connectivity index (χ3v) is 24.0. The number of nitrogens with one attached hydrogen (secondary N) is 23. The Morgan fingerprint density at radius 3 is 0.626 bits per heavy atom. The van der Waals surface area contributed by atoms with E-state index < -0.39 is 131 Å². The molecule has 15 rings (SSSR count). The van der Waals surface area contributed by atoms with E-state index in [1.807, 2.05) is 158 Å². The zero-order chi connectivity index (χ0) is 91.6. The van der Waals surface area contributed by atoms with Crippen LogP contribution in [0.1, 0.15) is 77.5 Å². The fourth-order valence-electron chi connectivity index (χ4n) is 17.3. The van der Waals surface area contributed by atoms with Crippen molar-refractivity contribution in [2.45, 2.75) is 144 Å². The number of guanidine groups is 3. The van der Waals surface area contributed by atoms with Crippen LogP contribution < -0.4 is 86.3 Å². The maximum atomic E-state index is 16.4. The summed E-state index contributed by atoms with van der Waals surface area (Å²) in [5.41, 5.74) is 26.1. The number of carbonyl (C=O) groups excluding carboxylic acids is 10. The molecule has 10 amide bonds. The van der Waals surface area contributed by atoms with E-state index in [0.717, 1.165) is 5.39 Å². The van der Waals surface area contributed by atoms with Crippen LogP contribution in [0.15, 0.2) is 213 Å². The summed E-state index contributed by atoms with van der Waals surface area (Å²) in [7, 11) is 0. The highest BCUT2D eigenvalue weighted by Gasteiger charge is 2.40. The van der Waals surface area contributed by atoms with E-state index in [2.05, 4.69) is 104 Å². The number of carbonyl (C=O) groups is 10. The predicted molar refractivity (Wildman–Crippen MR) is 501 cm³/mol. The first-order valence-corrected chi connectivity index (χ1v) is 43.6. The number of hydrogen-bond acceptors (Lipinski definition) is 14. The topological polar surface area (TPSA) is 587 Å². The van der Waals surface area contributed by atoms with Crippen LogP contribution in [0.3, 0.4) is 0 Å². The highest BCUT2D eigenvalue weighted by molar-refractivity contribution is 6.05. The Hall–Kier alpha value is -16.0. The van der Waals surface area contributed by atoms with Crippen LogP contribution >= 0.6 is 0 Å². The Kier molecular flexibility index (Phi) is 28.5. The zero-order valence-electron chi connectivity index (χ0n) is 71.6. The average molecular weight is 1770 g/mol. The molecular weight excluding hydrogens is 1670 g/mol. The lowest BCUT2D eigenvalue weighted by Gasteiger charge is -2.29. The molecule has 8 heterocycles. The zero-order valence-corrected chi connectivity index (χ0v) is 71.6. The molecule has 29 N–H and O–H groups in total. The van der Waals surface area contributed by atoms with Crippen molar-refractivity contribution in [3.05, 3.63) is 252 Å². The van der Waals surface area contributed by atoms with Crippen molar-refractivity contribution >= 4 is 153 Å². The maximum absolute atomic E-state index is 16.4. The van der Waals surface area contributed by atoms with Crippen molar-refractivity contribution in [2.24, 2.45) is 17.2 Å². The van der Waals surface area contributed by atoms with E-state index in [-0.39, 0.29) is 109 Å². The van der Waals surface area contributed by atoms with Crippen LogP contribution in [-0.2, 0) is 92.9 Å². The Bertz CT molecular complexity index is 6570. The minimum atomic E-state index is -1.64. The summed E-state index contributed by atoms with van der Waals surface area (Å²) in [6.07, 6.45) is 10.0. The Morgan fingerprint density at radius 1 is 0.237 bits per heavy atom. The van der Waals surface area contributed by atoms with Crippen LogP contribution in [0.5, 0.6) is 0 Å². The Labute approximate surface area is 750 Å². The van der Waals surface area contributed by atoms with Gasteiger partial charge in [0.05, 0.1) is 12.1 Å². The van der Waals surface area contributed by atoms with Gasteiger partial charge in [-0.2, -0.15) is 0 Å². The number of aromatic amines is 7. The summed E-state index contributed by atoms with van der Waals surface area (Å²) in [4.78, 5) is 183. The number of para-hydroxylation sites is 7. The second kappa shape index (κ2) is 41.6. The fraction of sp³-hybridized carbons (Fsp3) is 0.274. The van der Waals surface area contributed by atoms with Gasteiger partial charge in [-0.15, -0.1) is 0 Å². The maximum Gasteiger partial charge on any atom is 0.249 e. The highest BCUT2D eigenvalue weighted by Crippen LogP contribution is 2.29. The van der Waals surface area contributed by atoms with Gasteiger partial charge in [0, 0.05) is 171 Å². The number of amides is 10. The molecule has 36 heteroatoms. The number of imide groups is 1. The van der Waals surface area contributed by atoms with Gasteiger partial charge in [0.1, 0.15) is 48.3 Å². The minimum absolute atomic E-state index is 0.0125. The van der Waals surface area contributed by atoms with Crippen molar-refractivity contribution in [2.75, 3.05) is 19.6 Å². The molecule has 1 aliphatic rings. The molecule has 0 bridgehead atoms. The van der Waals surface area contributed by atoms with Gasteiger partial charge in [-0.25, -0.2) is 0 Å². The van der Waals surface area contributed by atoms with Crippen LogP contribution in [-0.4, -0.2) is 192 Å². The monoisotopic (exact) mass is 1770 g/mol. The SMILES string of the molecule is N=C(N)NCCC[C@H]1NC(=O)[C@@H](CCCNC(=N)N)NC(=O)[C@@H](CCCNC(=N)N)NC(=O)[C@@H](Cc2c[nH]c3ccccc23)NC(=O)[C@@H](Cc2c[nH]c3ccccc23)NC(=O)[C@@H](Cc2c[nH]c3ccccc23)N[C@H](Cc2c[nH]c3ccccc23)C(=O)NC(=O)[C@@H](Cc2c[nH]c3ccccc23)NC(=O)[C@@H](Cc2c[nH]c3ccccc23)NC(=O)[C@@H](Cc2c[nH]c3ccccc23)NC1=O. The van der Waals surface area contributed by atoms with Gasteiger partial charge in [-0.05, 0) is 133 Å². The van der Waals surface area contributed by atoms with Crippen LogP contribution in [0, 0.1) is 16.2 Å². The molecule has 1 fully saturated rings. The standard InChI is InChI=1S/C95H106N26O10/c96-93(97)102-35-15-32-73-83(122)114-75(34-17-37-104-95(100)101)85(124)116-79(41-55-48-108-69-28-11-4-21-62(55)69)88(127)119-81(43-57-50-110-71-30-13-6-23-64(57)71)90(129)120-82(44-58-51-111-72-31-14-7-24-65(58)72)92(131)121-91(130)77(39-53-46-106-67-26-9-2-19-60(53)67)112-76(38-52-45-105-66-25-8-1-18-59(52)66)86(125)117-80(42-56-49-109-70-29-12-5-22-63(56)70)89(128)118-78(40-54-47-107-68-27-10-3-20-61(54)68)87(126)115-74(84(123)113-73)33-16-36-103-94(98)99/h1-14,18-31,45-51,73-82,105-112H,15-17,32-44H2,(H,113,123)(H,114,122)(H,115,126)(H,116,124)(H,117,125)(H,118,128)(H,119,127)(H,120,129)(H4,96,97,102)(H4,98,99,103)(H4,100,101,104)(H,121,130,131)/t73-,74-,75-,76-,77-,78-,79-,80-,81-,82-/m1/s1. The first-order chi connectivity index (χ1) is 63.5. The van der Waals surface area contributed by atoms with Crippen molar-refractivity contribution in [1.82, 2.24) is 104 Å². The molecule has 676 valence electrons. The number of nitrogens with two attached hydrogens (primary N) is 3. The van der Waals surface area contributed by atoms with Crippen molar-refractivity contribution in [3.8, 4) is 0 Å². The van der Waals surface area contributed by atoms with Gasteiger partial charge in [-0.3, -0.25) is 74.8 Å². The molecule has 7 aromatic carbocycles. The van der Waals surface area contributed by atoms with Gasteiger partial charge in [0.25, 0.3) is 0 Å². The molecule has 131 heavy (non-hydrogen) atoms. The Balaban J connectivity index is 0.872. The minimum Gasteiger partial charge on any atom is -0.370 e. The number of H-pyrrole nitrogens is 7. The molecule has 7 aromatic heterocycles. The largest absolute Gasteiger partial charge is 0.370 e. The molecule has 0 spiro atoms. The molecule has 36 nitrogen and oxygen atoms in total. The molecule has 14 aromatic rings. The van der Waals surface area contributed by atoms with Crippen molar-refractivity contribution in [1.29, 1.82) is 16.2 Å². The summed E-state index contributed by atoms with van der Waals surface area (Å²) in [6.45, 7) is 0.0425. The quantitative estimate of drug-likeness (QED) is 0.0151. The summed E-state index contributed by atoms with van der Waals surface area (Å²) < 4.78 is 0. The van der Waals surface area contributed by atoms with E-state index in [0.29, 0.717) is 110 Å². The fourth-order valence-corrected chi connectivity index (χ4v) is 17.3. The summed E-state index contributed by atoms with van der Waals surface area (Å²) in [6, 6.07) is 35.7. The van der Waals surface area contributed by atoms with E-state index in [1.54, 1.807) is 55.5 Å². The van der Waals surface area contributed by atoms with E-state index >= 15 is 47.9 Å². The van der Waals surface area contributed by atoms with Crippen molar-refractivity contribution in [3.63, 3.8) is 0 Å². The lowest BCUT2D eigenvalue weighted by atomic mass is 9.98. The number of fused-ring (bicyclic) bond motifs is 7. The average Bonchev–Trinajstić information content (AvgIpc) is 1.72. The summed E-state index contributed by atoms with van der Waals surface area (Å²) in [5, 5.41) is 66.5. The number of hydrogen-bond donors (Lipinski definition) is 26. The molecule has 0 aliphatic carbocycles. The number of aromatic nitrogens is 7. The summed E-state index contributed by atoms with van der Waals surface area (Å²) >= 11 is 0. The van der Waals surface area contributed by atoms with Gasteiger partial charge in [0.2, 0.25) is 59.1 Å². The smallest absolute Gasteiger partial charge is 0.249 e. The Morgan fingerprint density at radius 2 is 0.405 bits per heavy atom. The first-order valence-electron chi connectivity index (χ1n) is 43.6. The van der Waals surface area contributed by atoms with E-state index in [4.69, 9.17) is 33.4 Å². The lowest BCUT2D eigenvalue weighted by Crippen LogP contribution is -2.62. The second-order valence-electron chi connectivity index (χ2n) is 33.0. The molecule has 1 saturated heterocycles. The lowest BCUT2D eigenvalue weighted by molar-refractivity contribution is -0.137. The first kappa shape index (κ1) is 89.8. The third kappa shape index (κ3) is 22.3. The van der Waals surface area contributed by atoms with Crippen LogP contribution in [0.2, 0.25) is 0 Å².